The Bertz CT molecular complexity index is 502. The van der Waals surface area contributed by atoms with Crippen molar-refractivity contribution in [3.63, 3.8) is 0 Å². The Labute approximate surface area is 128 Å². The predicted molar refractivity (Wildman–Crippen MR) is 74.1 cm³/mol. The Morgan fingerprint density at radius 2 is 1.82 bits per heavy atom. The second-order valence-electron chi connectivity index (χ2n) is 7.40. The summed E-state index contributed by atoms with van der Waals surface area (Å²) in [7, 11) is 0. The van der Waals surface area contributed by atoms with Crippen molar-refractivity contribution in [3.8, 4) is 0 Å². The Balaban J connectivity index is 1.43. The van der Waals surface area contributed by atoms with E-state index in [1.807, 2.05) is 13.8 Å². The minimum absolute atomic E-state index is 0.0901. The first-order valence-corrected chi connectivity index (χ1v) is 7.63. The van der Waals surface area contributed by atoms with Crippen LogP contribution in [0.4, 0.5) is 9.59 Å². The Hall–Kier alpha value is -1.79. The lowest BCUT2D eigenvalue weighted by atomic mass is 9.31. The fraction of sp³-hybridized carbons (Fsp3) is 0.800. The van der Waals surface area contributed by atoms with Crippen LogP contribution in [0.25, 0.3) is 0 Å². The van der Waals surface area contributed by atoms with Gasteiger partial charge in [-0.05, 0) is 30.6 Å². The maximum atomic E-state index is 12.1. The van der Waals surface area contributed by atoms with E-state index in [0.29, 0.717) is 38.3 Å². The van der Waals surface area contributed by atoms with E-state index in [0.717, 1.165) is 0 Å². The van der Waals surface area contributed by atoms with Crippen LogP contribution in [-0.4, -0.2) is 47.9 Å². The highest BCUT2D eigenvalue weighted by Gasteiger charge is 2.75. The smallest absolute Gasteiger partial charge is 0.465 e. The summed E-state index contributed by atoms with van der Waals surface area (Å²) in [4.78, 5) is 35.6. The number of nitrogens with zero attached hydrogens (tertiary/aromatic N) is 1. The number of ether oxygens (including phenoxy) is 2. The average Bonchev–Trinajstić information content (AvgIpc) is 2.25. The zero-order valence-corrected chi connectivity index (χ0v) is 12.8. The van der Waals surface area contributed by atoms with Gasteiger partial charge in [0.2, 0.25) is 0 Å². The molecule has 3 aliphatic carbocycles. The van der Waals surface area contributed by atoms with Crippen LogP contribution in [-0.2, 0) is 14.3 Å². The van der Waals surface area contributed by atoms with E-state index in [2.05, 4.69) is 0 Å². The monoisotopic (exact) mass is 311 g/mol. The molecule has 7 nitrogen and oxygen atoms in total. The third kappa shape index (κ3) is 2.23. The predicted octanol–water partition coefficient (Wildman–Crippen LogP) is 2.10. The van der Waals surface area contributed by atoms with Crippen molar-refractivity contribution in [2.45, 2.75) is 33.1 Å². The molecule has 1 N–H and O–H groups in total. The van der Waals surface area contributed by atoms with Crippen LogP contribution >= 0.6 is 0 Å². The summed E-state index contributed by atoms with van der Waals surface area (Å²) >= 11 is 0. The molecular weight excluding hydrogens is 290 g/mol. The SMILES string of the molecule is CC(C)COC(=O)OC(=O)C12CC(C3CN(C(=O)O)C3)(C1)C2. The first-order valence-electron chi connectivity index (χ1n) is 7.63. The molecule has 1 saturated heterocycles. The van der Waals surface area contributed by atoms with E-state index in [1.54, 1.807) is 0 Å². The highest BCUT2D eigenvalue weighted by atomic mass is 16.7. The van der Waals surface area contributed by atoms with Gasteiger partial charge in [0.15, 0.2) is 0 Å². The molecule has 0 radical (unpaired) electrons. The minimum atomic E-state index is -0.918. The molecule has 0 aromatic carbocycles. The molecule has 1 aliphatic heterocycles. The standard InChI is InChI=1S/C15H21NO6/c1-9(2)5-21-13(20)22-11(17)15-6-14(7-15,8-15)10-3-16(4-10)12(18)19/h9-10H,3-8H2,1-2H3,(H,18,19). The van der Waals surface area contributed by atoms with Gasteiger partial charge in [-0.25, -0.2) is 9.59 Å². The molecule has 4 aliphatic rings. The topological polar surface area (TPSA) is 93.1 Å². The molecule has 3 saturated carbocycles. The average molecular weight is 311 g/mol. The molecule has 2 bridgehead atoms. The van der Waals surface area contributed by atoms with Gasteiger partial charge in [-0.3, -0.25) is 4.79 Å². The van der Waals surface area contributed by atoms with Gasteiger partial charge in [-0.15, -0.1) is 0 Å². The van der Waals surface area contributed by atoms with Crippen molar-refractivity contribution in [2.75, 3.05) is 19.7 Å². The van der Waals surface area contributed by atoms with Gasteiger partial charge in [-0.2, -0.15) is 0 Å². The van der Waals surface area contributed by atoms with Crippen LogP contribution in [0.15, 0.2) is 0 Å². The molecule has 0 spiro atoms. The molecule has 7 heteroatoms. The number of amides is 1. The van der Waals surface area contributed by atoms with Crippen LogP contribution in [0, 0.1) is 22.7 Å². The van der Waals surface area contributed by atoms with Gasteiger partial charge in [0.1, 0.15) is 0 Å². The Morgan fingerprint density at radius 1 is 1.23 bits per heavy atom. The first-order chi connectivity index (χ1) is 10.3. The first kappa shape index (κ1) is 15.1. The lowest BCUT2D eigenvalue weighted by Crippen LogP contribution is -2.73. The van der Waals surface area contributed by atoms with Gasteiger partial charge in [-0.1, -0.05) is 13.8 Å². The van der Waals surface area contributed by atoms with Gasteiger partial charge in [0.05, 0.1) is 12.0 Å². The Kier molecular flexibility index (Phi) is 3.34. The van der Waals surface area contributed by atoms with Crippen molar-refractivity contribution in [2.24, 2.45) is 22.7 Å². The van der Waals surface area contributed by atoms with E-state index in [4.69, 9.17) is 14.6 Å². The lowest BCUT2D eigenvalue weighted by Gasteiger charge is -2.73. The number of rotatable bonds is 4. The van der Waals surface area contributed by atoms with Crippen molar-refractivity contribution in [1.82, 2.24) is 4.90 Å². The zero-order valence-electron chi connectivity index (χ0n) is 12.8. The summed E-state index contributed by atoms with van der Waals surface area (Å²) in [5.41, 5.74) is -0.437. The largest absolute Gasteiger partial charge is 0.516 e. The lowest BCUT2D eigenvalue weighted by molar-refractivity contribution is -0.257. The number of hydrogen-bond acceptors (Lipinski definition) is 5. The molecular formula is C15H21NO6. The summed E-state index contributed by atoms with van der Waals surface area (Å²) in [6, 6.07) is 0. The van der Waals surface area contributed by atoms with E-state index in [9.17, 15) is 14.4 Å². The van der Waals surface area contributed by atoms with Gasteiger partial charge < -0.3 is 19.5 Å². The normalized spacial score (nSPS) is 32.6. The molecule has 0 unspecified atom stereocenters. The highest BCUT2D eigenvalue weighted by Crippen LogP contribution is 2.77. The summed E-state index contributed by atoms with van der Waals surface area (Å²) in [5.74, 6) is 0.0420. The fourth-order valence-electron chi connectivity index (χ4n) is 3.99. The van der Waals surface area contributed by atoms with Crippen LogP contribution < -0.4 is 0 Å². The summed E-state index contributed by atoms with van der Waals surface area (Å²) in [6.45, 7) is 5.14. The number of carbonyl (C=O) groups excluding carboxylic acids is 2. The van der Waals surface area contributed by atoms with Crippen molar-refractivity contribution >= 4 is 18.2 Å². The van der Waals surface area contributed by atoms with Gasteiger partial charge in [0, 0.05) is 19.0 Å². The molecule has 0 aromatic rings. The second-order valence-corrected chi connectivity index (χ2v) is 7.40. The summed E-state index contributed by atoms with van der Waals surface area (Å²) in [6.07, 6.45) is 0.306. The summed E-state index contributed by atoms with van der Waals surface area (Å²) in [5, 5.41) is 8.85. The van der Waals surface area contributed by atoms with Gasteiger partial charge in [0.25, 0.3) is 0 Å². The molecule has 4 fully saturated rings. The maximum Gasteiger partial charge on any atom is 0.516 e. The van der Waals surface area contributed by atoms with Crippen molar-refractivity contribution < 1.29 is 29.0 Å². The molecule has 122 valence electrons. The van der Waals surface area contributed by atoms with Crippen LogP contribution in [0.3, 0.4) is 0 Å². The van der Waals surface area contributed by atoms with Gasteiger partial charge >= 0.3 is 18.2 Å². The highest BCUT2D eigenvalue weighted by molar-refractivity contribution is 5.89. The third-order valence-electron chi connectivity index (χ3n) is 5.23. The summed E-state index contributed by atoms with van der Waals surface area (Å²) < 4.78 is 9.62. The third-order valence-corrected chi connectivity index (χ3v) is 5.23. The number of likely N-dealkylation sites (tertiary alicyclic amines) is 1. The molecule has 22 heavy (non-hydrogen) atoms. The Morgan fingerprint density at radius 3 is 2.32 bits per heavy atom. The minimum Gasteiger partial charge on any atom is -0.465 e. The molecule has 0 atom stereocenters. The maximum absolute atomic E-state index is 12.1. The molecule has 0 aromatic heterocycles. The van der Waals surface area contributed by atoms with E-state index < -0.39 is 23.6 Å². The molecule has 1 heterocycles. The van der Waals surface area contributed by atoms with E-state index >= 15 is 0 Å². The number of carbonyl (C=O) groups is 3. The number of hydrogen-bond donors (Lipinski definition) is 1. The zero-order chi connectivity index (χ0) is 16.1. The molecule has 1 amide bonds. The van der Waals surface area contributed by atoms with E-state index in [-0.39, 0.29) is 17.9 Å². The van der Waals surface area contributed by atoms with Crippen molar-refractivity contribution in [1.29, 1.82) is 0 Å². The number of esters is 1. The number of carboxylic acid groups (broad SMARTS) is 1. The van der Waals surface area contributed by atoms with Crippen LogP contribution in [0.2, 0.25) is 0 Å². The quantitative estimate of drug-likeness (QED) is 0.631. The van der Waals surface area contributed by atoms with Crippen molar-refractivity contribution in [3.05, 3.63) is 0 Å². The molecule has 4 rings (SSSR count). The second kappa shape index (κ2) is 4.86. The van der Waals surface area contributed by atoms with E-state index in [1.165, 1.54) is 4.90 Å². The van der Waals surface area contributed by atoms with Crippen LogP contribution in [0.1, 0.15) is 33.1 Å². The fourth-order valence-corrected chi connectivity index (χ4v) is 3.99. The van der Waals surface area contributed by atoms with Crippen LogP contribution in [0.5, 0.6) is 0 Å².